The standard InChI is InChI=1S/C11H11BrFNO2/c12-8-1-2-10(9(13)4-8)14-5-7(6-15)3-11(14)16/h1-2,4,7,15H,3,5-6H2. The summed E-state index contributed by atoms with van der Waals surface area (Å²) in [6, 6.07) is 4.59. The fourth-order valence-electron chi connectivity index (χ4n) is 1.84. The van der Waals surface area contributed by atoms with Gasteiger partial charge in [0.25, 0.3) is 0 Å². The Labute approximate surface area is 101 Å². The molecule has 1 aliphatic heterocycles. The van der Waals surface area contributed by atoms with Crippen molar-refractivity contribution in [3.63, 3.8) is 0 Å². The second kappa shape index (κ2) is 4.51. The predicted octanol–water partition coefficient (Wildman–Crippen LogP) is 1.93. The first-order valence-corrected chi connectivity index (χ1v) is 5.77. The summed E-state index contributed by atoms with van der Waals surface area (Å²) >= 11 is 3.16. The van der Waals surface area contributed by atoms with E-state index in [9.17, 15) is 9.18 Å². The van der Waals surface area contributed by atoms with E-state index in [4.69, 9.17) is 5.11 Å². The van der Waals surface area contributed by atoms with Gasteiger partial charge >= 0.3 is 0 Å². The van der Waals surface area contributed by atoms with Gasteiger partial charge < -0.3 is 10.0 Å². The number of hydrogen-bond acceptors (Lipinski definition) is 2. The highest BCUT2D eigenvalue weighted by atomic mass is 79.9. The molecule has 0 bridgehead atoms. The molecule has 1 atom stereocenters. The Morgan fingerprint density at radius 1 is 1.56 bits per heavy atom. The fourth-order valence-corrected chi connectivity index (χ4v) is 2.17. The zero-order chi connectivity index (χ0) is 11.7. The summed E-state index contributed by atoms with van der Waals surface area (Å²) in [5, 5.41) is 8.98. The number of amides is 1. The monoisotopic (exact) mass is 287 g/mol. The van der Waals surface area contributed by atoms with Crippen LogP contribution >= 0.6 is 15.9 Å². The van der Waals surface area contributed by atoms with Crippen LogP contribution in [0, 0.1) is 11.7 Å². The van der Waals surface area contributed by atoms with Gasteiger partial charge in [0.1, 0.15) is 5.82 Å². The predicted molar refractivity (Wildman–Crippen MR) is 61.6 cm³/mol. The summed E-state index contributed by atoms with van der Waals surface area (Å²) in [6.45, 7) is 0.342. The number of carbonyl (C=O) groups excluding carboxylic acids is 1. The molecule has 5 heteroatoms. The van der Waals surface area contributed by atoms with Crippen molar-refractivity contribution in [2.75, 3.05) is 18.1 Å². The van der Waals surface area contributed by atoms with Crippen LogP contribution in [0.25, 0.3) is 0 Å². The number of hydrogen-bond donors (Lipinski definition) is 1. The third-order valence-electron chi connectivity index (χ3n) is 2.66. The van der Waals surface area contributed by atoms with Gasteiger partial charge in [-0.05, 0) is 18.2 Å². The van der Waals surface area contributed by atoms with Crippen LogP contribution in [-0.4, -0.2) is 24.2 Å². The van der Waals surface area contributed by atoms with Gasteiger partial charge in [0.2, 0.25) is 5.91 Å². The maximum Gasteiger partial charge on any atom is 0.227 e. The van der Waals surface area contributed by atoms with Crippen LogP contribution in [0.4, 0.5) is 10.1 Å². The largest absolute Gasteiger partial charge is 0.396 e. The van der Waals surface area contributed by atoms with E-state index >= 15 is 0 Å². The summed E-state index contributed by atoms with van der Waals surface area (Å²) in [5.41, 5.74) is 0.282. The lowest BCUT2D eigenvalue weighted by molar-refractivity contribution is -0.117. The summed E-state index contributed by atoms with van der Waals surface area (Å²) in [4.78, 5) is 13.0. The van der Waals surface area contributed by atoms with Crippen molar-refractivity contribution in [3.05, 3.63) is 28.5 Å². The molecule has 1 heterocycles. The van der Waals surface area contributed by atoms with Gasteiger partial charge in [-0.3, -0.25) is 4.79 Å². The quantitative estimate of drug-likeness (QED) is 0.903. The molecule has 0 radical (unpaired) electrons. The minimum absolute atomic E-state index is 0.0413. The van der Waals surface area contributed by atoms with Crippen molar-refractivity contribution in [1.82, 2.24) is 0 Å². The second-order valence-corrected chi connectivity index (χ2v) is 4.77. The molecular formula is C11H11BrFNO2. The molecule has 0 aliphatic carbocycles. The highest BCUT2D eigenvalue weighted by molar-refractivity contribution is 9.10. The Kier molecular flexibility index (Phi) is 3.25. The Morgan fingerprint density at radius 3 is 2.88 bits per heavy atom. The zero-order valence-electron chi connectivity index (χ0n) is 8.49. The van der Waals surface area contributed by atoms with Crippen molar-refractivity contribution in [2.24, 2.45) is 5.92 Å². The molecule has 1 saturated heterocycles. The van der Waals surface area contributed by atoms with Crippen molar-refractivity contribution in [1.29, 1.82) is 0 Å². The molecule has 1 amide bonds. The minimum Gasteiger partial charge on any atom is -0.396 e. The molecule has 1 N–H and O–H groups in total. The van der Waals surface area contributed by atoms with Gasteiger partial charge in [-0.1, -0.05) is 15.9 Å². The van der Waals surface area contributed by atoms with Gasteiger partial charge in [-0.15, -0.1) is 0 Å². The first-order valence-electron chi connectivity index (χ1n) is 4.98. The number of anilines is 1. The average molecular weight is 288 g/mol. The van der Waals surface area contributed by atoms with Crippen LogP contribution in [0.1, 0.15) is 6.42 Å². The SMILES string of the molecule is O=C1CC(CO)CN1c1ccc(Br)cc1F. The van der Waals surface area contributed by atoms with Crippen molar-refractivity contribution in [3.8, 4) is 0 Å². The van der Waals surface area contributed by atoms with Gasteiger partial charge in [0.15, 0.2) is 0 Å². The van der Waals surface area contributed by atoms with Crippen LogP contribution in [-0.2, 0) is 4.79 Å². The second-order valence-electron chi connectivity index (χ2n) is 3.85. The summed E-state index contributed by atoms with van der Waals surface area (Å²) < 4.78 is 14.3. The number of benzene rings is 1. The van der Waals surface area contributed by atoms with Crippen LogP contribution in [0.2, 0.25) is 0 Å². The van der Waals surface area contributed by atoms with E-state index in [1.165, 1.54) is 11.0 Å². The Morgan fingerprint density at radius 2 is 2.31 bits per heavy atom. The maximum atomic E-state index is 13.6. The van der Waals surface area contributed by atoms with E-state index in [0.717, 1.165) is 0 Å². The summed E-state index contributed by atoms with van der Waals surface area (Å²) in [6.07, 6.45) is 0.284. The third-order valence-corrected chi connectivity index (χ3v) is 3.16. The number of rotatable bonds is 2. The molecule has 86 valence electrons. The van der Waals surface area contributed by atoms with E-state index in [2.05, 4.69) is 15.9 Å². The van der Waals surface area contributed by atoms with E-state index in [-0.39, 0.29) is 30.5 Å². The number of carbonyl (C=O) groups is 1. The molecule has 0 spiro atoms. The van der Waals surface area contributed by atoms with Crippen molar-refractivity contribution in [2.45, 2.75) is 6.42 Å². The van der Waals surface area contributed by atoms with Crippen molar-refractivity contribution < 1.29 is 14.3 Å². The highest BCUT2D eigenvalue weighted by Gasteiger charge is 2.31. The van der Waals surface area contributed by atoms with Crippen LogP contribution in [0.5, 0.6) is 0 Å². The summed E-state index contributed by atoms with van der Waals surface area (Å²) in [5.74, 6) is -0.655. The maximum absolute atomic E-state index is 13.6. The summed E-state index contributed by atoms with van der Waals surface area (Å²) in [7, 11) is 0. The molecule has 3 nitrogen and oxygen atoms in total. The normalized spacial score (nSPS) is 20.6. The molecule has 1 aromatic rings. The molecule has 1 unspecified atom stereocenters. The van der Waals surface area contributed by atoms with E-state index in [1.54, 1.807) is 12.1 Å². The average Bonchev–Trinajstić information content (AvgIpc) is 2.60. The van der Waals surface area contributed by atoms with Crippen molar-refractivity contribution >= 4 is 27.5 Å². The van der Waals surface area contributed by atoms with E-state index in [0.29, 0.717) is 11.0 Å². The number of nitrogens with zero attached hydrogens (tertiary/aromatic N) is 1. The van der Waals surface area contributed by atoms with Crippen LogP contribution in [0.3, 0.4) is 0 Å². The topological polar surface area (TPSA) is 40.5 Å². The fraction of sp³-hybridized carbons (Fsp3) is 0.364. The minimum atomic E-state index is -0.429. The molecular weight excluding hydrogens is 277 g/mol. The van der Waals surface area contributed by atoms with Gasteiger partial charge in [-0.2, -0.15) is 0 Å². The Balaban J connectivity index is 2.28. The number of aliphatic hydroxyl groups is 1. The molecule has 0 aromatic heterocycles. The Hall–Kier alpha value is -0.940. The molecule has 16 heavy (non-hydrogen) atoms. The lowest BCUT2D eigenvalue weighted by Crippen LogP contribution is -2.25. The lowest BCUT2D eigenvalue weighted by Gasteiger charge is -2.17. The Bertz CT molecular complexity index is 424. The number of halogens is 2. The molecule has 1 aromatic carbocycles. The smallest absolute Gasteiger partial charge is 0.227 e. The number of aliphatic hydroxyl groups excluding tert-OH is 1. The van der Waals surface area contributed by atoms with Crippen LogP contribution in [0.15, 0.2) is 22.7 Å². The molecule has 0 saturated carbocycles. The van der Waals surface area contributed by atoms with Gasteiger partial charge in [0.05, 0.1) is 5.69 Å². The first-order chi connectivity index (χ1) is 7.61. The highest BCUT2D eigenvalue weighted by Crippen LogP contribution is 2.28. The first kappa shape index (κ1) is 11.5. The third kappa shape index (κ3) is 2.10. The van der Waals surface area contributed by atoms with Gasteiger partial charge in [-0.25, -0.2) is 4.39 Å². The molecule has 1 aliphatic rings. The molecule has 2 rings (SSSR count). The van der Waals surface area contributed by atoms with E-state index in [1.807, 2.05) is 0 Å². The van der Waals surface area contributed by atoms with Gasteiger partial charge in [0, 0.05) is 30.0 Å². The van der Waals surface area contributed by atoms with E-state index < -0.39 is 5.82 Å². The zero-order valence-corrected chi connectivity index (χ0v) is 10.1. The lowest BCUT2D eigenvalue weighted by atomic mass is 10.1. The van der Waals surface area contributed by atoms with Crippen LogP contribution < -0.4 is 4.90 Å². The molecule has 1 fully saturated rings.